The van der Waals surface area contributed by atoms with Crippen molar-refractivity contribution in [3.63, 3.8) is 0 Å². The van der Waals surface area contributed by atoms with Gasteiger partial charge in [-0.25, -0.2) is 4.79 Å². The lowest BCUT2D eigenvalue weighted by Gasteiger charge is -2.36. The van der Waals surface area contributed by atoms with Gasteiger partial charge in [0.05, 0.1) is 6.61 Å². The Labute approximate surface area is 97.3 Å². The number of rotatable bonds is 4. The molecule has 1 rings (SSSR count). The van der Waals surface area contributed by atoms with E-state index in [1.807, 2.05) is 0 Å². The van der Waals surface area contributed by atoms with E-state index in [0.717, 1.165) is 26.2 Å². The van der Waals surface area contributed by atoms with E-state index in [4.69, 9.17) is 9.47 Å². The zero-order valence-electron chi connectivity index (χ0n) is 10.4. The minimum atomic E-state index is -0.222. The normalized spacial score (nSPS) is 17.9. The Balaban J connectivity index is 2.22. The molecule has 0 aromatic heterocycles. The summed E-state index contributed by atoms with van der Waals surface area (Å²) in [5.41, 5.74) is 0. The first-order valence-electron chi connectivity index (χ1n) is 5.80. The molecule has 0 spiro atoms. The smallest absolute Gasteiger partial charge is 0.409 e. The second kappa shape index (κ2) is 6.70. The van der Waals surface area contributed by atoms with Crippen molar-refractivity contribution in [2.45, 2.75) is 19.9 Å². The molecule has 1 aliphatic rings. The molecule has 0 aromatic carbocycles. The van der Waals surface area contributed by atoms with Crippen LogP contribution in [0.15, 0.2) is 0 Å². The highest BCUT2D eigenvalue weighted by Gasteiger charge is 2.22. The monoisotopic (exact) mass is 230 g/mol. The lowest BCUT2D eigenvalue weighted by molar-refractivity contribution is 0.0513. The fourth-order valence-electron chi connectivity index (χ4n) is 1.72. The predicted octanol–water partition coefficient (Wildman–Crippen LogP) is 0.795. The third kappa shape index (κ3) is 3.98. The van der Waals surface area contributed by atoms with Crippen LogP contribution >= 0.6 is 0 Å². The Morgan fingerprint density at radius 2 is 1.81 bits per heavy atom. The van der Waals surface area contributed by atoms with Crippen LogP contribution in [-0.2, 0) is 9.47 Å². The predicted molar refractivity (Wildman–Crippen MR) is 61.5 cm³/mol. The molecule has 0 atom stereocenters. The van der Waals surface area contributed by atoms with Gasteiger partial charge in [-0.05, 0) is 13.8 Å². The van der Waals surface area contributed by atoms with Gasteiger partial charge in [-0.2, -0.15) is 0 Å². The second-order valence-electron chi connectivity index (χ2n) is 4.22. The second-order valence-corrected chi connectivity index (χ2v) is 4.22. The molecule has 0 bridgehead atoms. The van der Waals surface area contributed by atoms with Crippen molar-refractivity contribution in [2.75, 3.05) is 46.5 Å². The van der Waals surface area contributed by atoms with Gasteiger partial charge in [0, 0.05) is 39.3 Å². The molecule has 0 N–H and O–H groups in total. The lowest BCUT2D eigenvalue weighted by Crippen LogP contribution is -2.50. The average Bonchev–Trinajstić information content (AvgIpc) is 2.29. The summed E-state index contributed by atoms with van der Waals surface area (Å²) in [6.07, 6.45) is -0.222. The molecule has 1 fully saturated rings. The van der Waals surface area contributed by atoms with E-state index in [0.29, 0.717) is 19.3 Å². The fraction of sp³-hybridized carbons (Fsp3) is 0.909. The van der Waals surface area contributed by atoms with Crippen molar-refractivity contribution < 1.29 is 14.3 Å². The van der Waals surface area contributed by atoms with Crippen molar-refractivity contribution >= 4 is 6.09 Å². The number of carbonyl (C=O) groups excluding carboxylic acids is 1. The molecular weight excluding hydrogens is 208 g/mol. The van der Waals surface area contributed by atoms with Crippen molar-refractivity contribution in [3.05, 3.63) is 0 Å². The quantitative estimate of drug-likeness (QED) is 0.670. The summed E-state index contributed by atoms with van der Waals surface area (Å²) in [5.74, 6) is 0. The molecule has 94 valence electrons. The van der Waals surface area contributed by atoms with Gasteiger partial charge in [-0.3, -0.25) is 4.90 Å². The molecule has 1 aliphatic heterocycles. The maximum Gasteiger partial charge on any atom is 0.409 e. The summed E-state index contributed by atoms with van der Waals surface area (Å²) in [6, 6.07) is 0.548. The molecule has 1 heterocycles. The molecule has 5 heteroatoms. The van der Waals surface area contributed by atoms with Crippen LogP contribution in [0.3, 0.4) is 0 Å². The summed E-state index contributed by atoms with van der Waals surface area (Å²) >= 11 is 0. The number of piperazine rings is 1. The largest absolute Gasteiger partial charge is 0.447 e. The standard InChI is InChI=1S/C11H22N2O3/c1-10(2)12-4-6-13(7-5-12)11(14)16-9-8-15-3/h10H,4-9H2,1-3H3. The van der Waals surface area contributed by atoms with E-state index in [1.54, 1.807) is 12.0 Å². The van der Waals surface area contributed by atoms with Crippen molar-refractivity contribution in [1.29, 1.82) is 0 Å². The Morgan fingerprint density at radius 3 is 2.31 bits per heavy atom. The summed E-state index contributed by atoms with van der Waals surface area (Å²) < 4.78 is 9.89. The highest BCUT2D eigenvalue weighted by Crippen LogP contribution is 2.06. The van der Waals surface area contributed by atoms with Crippen LogP contribution in [0.5, 0.6) is 0 Å². The SMILES string of the molecule is COCCOC(=O)N1CCN(C(C)C)CC1. The first-order chi connectivity index (χ1) is 7.65. The van der Waals surface area contributed by atoms with E-state index < -0.39 is 0 Å². The van der Waals surface area contributed by atoms with E-state index in [2.05, 4.69) is 18.7 Å². The summed E-state index contributed by atoms with van der Waals surface area (Å²) in [4.78, 5) is 15.7. The Hall–Kier alpha value is -0.810. The number of methoxy groups -OCH3 is 1. The van der Waals surface area contributed by atoms with Gasteiger partial charge in [-0.1, -0.05) is 0 Å². The average molecular weight is 230 g/mol. The molecule has 16 heavy (non-hydrogen) atoms. The number of hydrogen-bond acceptors (Lipinski definition) is 4. The summed E-state index contributed by atoms with van der Waals surface area (Å²) in [6.45, 7) is 8.50. The number of ether oxygens (including phenoxy) is 2. The molecule has 1 amide bonds. The van der Waals surface area contributed by atoms with E-state index >= 15 is 0 Å². The van der Waals surface area contributed by atoms with Gasteiger partial charge in [0.15, 0.2) is 0 Å². The van der Waals surface area contributed by atoms with Crippen LogP contribution in [0.1, 0.15) is 13.8 Å². The first kappa shape index (κ1) is 13.3. The van der Waals surface area contributed by atoms with Gasteiger partial charge in [0.1, 0.15) is 6.61 Å². The van der Waals surface area contributed by atoms with E-state index in [-0.39, 0.29) is 6.09 Å². The van der Waals surface area contributed by atoms with Gasteiger partial charge in [0.2, 0.25) is 0 Å². The van der Waals surface area contributed by atoms with E-state index in [1.165, 1.54) is 0 Å². The maximum atomic E-state index is 11.6. The number of hydrogen-bond donors (Lipinski definition) is 0. The van der Waals surface area contributed by atoms with Crippen molar-refractivity contribution in [3.8, 4) is 0 Å². The third-order valence-corrected chi connectivity index (χ3v) is 2.82. The topological polar surface area (TPSA) is 42.0 Å². The van der Waals surface area contributed by atoms with Crippen LogP contribution in [0, 0.1) is 0 Å². The van der Waals surface area contributed by atoms with Gasteiger partial charge < -0.3 is 14.4 Å². The summed E-state index contributed by atoms with van der Waals surface area (Å²) in [7, 11) is 1.59. The minimum absolute atomic E-state index is 0.222. The number of nitrogens with zero attached hydrogens (tertiary/aromatic N) is 2. The first-order valence-corrected chi connectivity index (χ1v) is 5.80. The molecule has 0 saturated carbocycles. The number of amides is 1. The van der Waals surface area contributed by atoms with Crippen LogP contribution in [0.4, 0.5) is 4.79 Å². The van der Waals surface area contributed by atoms with Gasteiger partial charge in [-0.15, -0.1) is 0 Å². The van der Waals surface area contributed by atoms with Crippen LogP contribution in [0.25, 0.3) is 0 Å². The highest BCUT2D eigenvalue weighted by molar-refractivity contribution is 5.67. The van der Waals surface area contributed by atoms with Crippen LogP contribution in [0.2, 0.25) is 0 Å². The van der Waals surface area contributed by atoms with E-state index in [9.17, 15) is 4.79 Å². The van der Waals surface area contributed by atoms with Crippen molar-refractivity contribution in [2.24, 2.45) is 0 Å². The maximum absolute atomic E-state index is 11.6. The zero-order chi connectivity index (χ0) is 12.0. The molecule has 1 saturated heterocycles. The van der Waals surface area contributed by atoms with Gasteiger partial charge >= 0.3 is 6.09 Å². The molecule has 0 aliphatic carbocycles. The van der Waals surface area contributed by atoms with Crippen LogP contribution in [-0.4, -0.2) is 68.4 Å². The fourth-order valence-corrected chi connectivity index (χ4v) is 1.72. The lowest BCUT2D eigenvalue weighted by atomic mass is 10.2. The highest BCUT2D eigenvalue weighted by atomic mass is 16.6. The zero-order valence-corrected chi connectivity index (χ0v) is 10.4. The number of carbonyl (C=O) groups is 1. The molecule has 5 nitrogen and oxygen atoms in total. The van der Waals surface area contributed by atoms with Crippen molar-refractivity contribution in [1.82, 2.24) is 9.80 Å². The Kier molecular flexibility index (Phi) is 5.55. The van der Waals surface area contributed by atoms with Gasteiger partial charge in [0.25, 0.3) is 0 Å². The summed E-state index contributed by atoms with van der Waals surface area (Å²) in [5, 5.41) is 0. The Bertz CT molecular complexity index is 213. The molecule has 0 unspecified atom stereocenters. The molecule has 0 radical (unpaired) electrons. The molecular formula is C11H22N2O3. The third-order valence-electron chi connectivity index (χ3n) is 2.82. The molecule has 0 aromatic rings. The Morgan fingerprint density at radius 1 is 1.19 bits per heavy atom. The van der Waals surface area contributed by atoms with Crippen LogP contribution < -0.4 is 0 Å². The minimum Gasteiger partial charge on any atom is -0.447 e.